The van der Waals surface area contributed by atoms with Gasteiger partial charge in [-0.25, -0.2) is 24.1 Å². The van der Waals surface area contributed by atoms with Gasteiger partial charge in [0.2, 0.25) is 0 Å². The van der Waals surface area contributed by atoms with E-state index in [2.05, 4.69) is 11.6 Å². The van der Waals surface area contributed by atoms with E-state index in [-0.39, 0.29) is 35.8 Å². The standard InChI is InChI=1S/C26H26N4O5/c1-5-16-29-22-21(25(31)35-7-3)27-23(17-12-14-18(15-13-17)34-6-2)28-24(22)30(26(29)32)19-10-8-9-11-20(19)33-4/h5,8-15H,1,6-7,16H2,2-4H3. The predicted octanol–water partition coefficient (Wildman–Crippen LogP) is 4.02. The fourth-order valence-electron chi connectivity index (χ4n) is 3.82. The minimum Gasteiger partial charge on any atom is -0.495 e. The van der Waals surface area contributed by atoms with Gasteiger partial charge in [0.25, 0.3) is 0 Å². The third kappa shape index (κ3) is 4.40. The largest absolute Gasteiger partial charge is 0.495 e. The van der Waals surface area contributed by atoms with Crippen LogP contribution in [-0.4, -0.2) is 45.4 Å². The Hall–Kier alpha value is -4.40. The van der Waals surface area contributed by atoms with Crippen LogP contribution in [0, 0.1) is 0 Å². The molecule has 4 aromatic rings. The summed E-state index contributed by atoms with van der Waals surface area (Å²) in [6.07, 6.45) is 1.57. The van der Waals surface area contributed by atoms with Crippen molar-refractivity contribution < 1.29 is 19.0 Å². The maximum atomic E-state index is 13.6. The Morgan fingerprint density at radius 2 is 1.80 bits per heavy atom. The predicted molar refractivity (Wildman–Crippen MR) is 132 cm³/mol. The molecule has 0 saturated carbocycles. The maximum Gasteiger partial charge on any atom is 0.359 e. The minimum atomic E-state index is -0.651. The monoisotopic (exact) mass is 474 g/mol. The molecule has 0 unspecified atom stereocenters. The second-order valence-electron chi connectivity index (χ2n) is 7.44. The molecule has 9 nitrogen and oxygen atoms in total. The van der Waals surface area contributed by atoms with Gasteiger partial charge in [0, 0.05) is 12.1 Å². The topological polar surface area (TPSA) is 97.5 Å². The first-order valence-electron chi connectivity index (χ1n) is 11.2. The number of fused-ring (bicyclic) bond motifs is 1. The van der Waals surface area contributed by atoms with Crippen LogP contribution in [0.4, 0.5) is 0 Å². The van der Waals surface area contributed by atoms with Gasteiger partial charge in [0.05, 0.1) is 26.0 Å². The minimum absolute atomic E-state index is 0.00617. The number of carbonyl (C=O) groups excluding carboxylic acids is 1. The third-order valence-corrected chi connectivity index (χ3v) is 5.30. The van der Waals surface area contributed by atoms with Crippen LogP contribution in [0.25, 0.3) is 28.2 Å². The van der Waals surface area contributed by atoms with E-state index in [1.54, 1.807) is 61.5 Å². The molecule has 2 aromatic carbocycles. The smallest absolute Gasteiger partial charge is 0.359 e. The zero-order valence-corrected chi connectivity index (χ0v) is 19.9. The van der Waals surface area contributed by atoms with Gasteiger partial charge < -0.3 is 14.2 Å². The molecule has 0 aliphatic heterocycles. The van der Waals surface area contributed by atoms with Crippen molar-refractivity contribution in [3.8, 4) is 28.6 Å². The van der Waals surface area contributed by atoms with Gasteiger partial charge in [0.15, 0.2) is 17.2 Å². The van der Waals surface area contributed by atoms with Crippen molar-refractivity contribution in [2.24, 2.45) is 0 Å². The van der Waals surface area contributed by atoms with E-state index in [1.807, 2.05) is 6.92 Å². The van der Waals surface area contributed by atoms with E-state index >= 15 is 0 Å². The molecule has 35 heavy (non-hydrogen) atoms. The quantitative estimate of drug-likeness (QED) is 0.267. The van der Waals surface area contributed by atoms with Crippen molar-refractivity contribution in [1.82, 2.24) is 19.1 Å². The van der Waals surface area contributed by atoms with Gasteiger partial charge >= 0.3 is 11.7 Å². The number of rotatable bonds is 9. The van der Waals surface area contributed by atoms with E-state index in [0.717, 1.165) is 0 Å². The highest BCUT2D eigenvalue weighted by Gasteiger charge is 2.26. The van der Waals surface area contributed by atoms with Crippen LogP contribution in [0.5, 0.6) is 11.5 Å². The summed E-state index contributed by atoms with van der Waals surface area (Å²) in [4.78, 5) is 35.9. The number of imidazole rings is 1. The first kappa shape index (κ1) is 23.7. The number of para-hydroxylation sites is 2. The summed E-state index contributed by atoms with van der Waals surface area (Å²) in [7, 11) is 1.52. The van der Waals surface area contributed by atoms with Crippen LogP contribution < -0.4 is 15.2 Å². The molecule has 0 N–H and O–H groups in total. The van der Waals surface area contributed by atoms with Gasteiger partial charge in [-0.3, -0.25) is 4.57 Å². The molecule has 0 amide bonds. The summed E-state index contributed by atoms with van der Waals surface area (Å²) < 4.78 is 19.1. The number of aromatic nitrogens is 4. The lowest BCUT2D eigenvalue weighted by molar-refractivity contribution is 0.0521. The highest BCUT2D eigenvalue weighted by Crippen LogP contribution is 2.28. The van der Waals surface area contributed by atoms with Crippen LogP contribution in [-0.2, 0) is 11.3 Å². The molecule has 2 aromatic heterocycles. The van der Waals surface area contributed by atoms with Gasteiger partial charge in [-0.1, -0.05) is 18.2 Å². The summed E-state index contributed by atoms with van der Waals surface area (Å²) >= 11 is 0. The summed E-state index contributed by atoms with van der Waals surface area (Å²) in [6, 6.07) is 14.3. The number of methoxy groups -OCH3 is 1. The number of hydrogen-bond donors (Lipinski definition) is 0. The van der Waals surface area contributed by atoms with Crippen LogP contribution in [0.3, 0.4) is 0 Å². The molecule has 0 radical (unpaired) electrons. The molecule has 9 heteroatoms. The normalized spacial score (nSPS) is 10.8. The fraction of sp³-hybridized carbons (Fsp3) is 0.231. The second kappa shape index (κ2) is 10.3. The average Bonchev–Trinajstić information content (AvgIpc) is 3.15. The number of carbonyl (C=O) groups is 1. The lowest BCUT2D eigenvalue weighted by atomic mass is 10.2. The maximum absolute atomic E-state index is 13.6. The Kier molecular flexibility index (Phi) is 6.96. The lowest BCUT2D eigenvalue weighted by Gasteiger charge is -2.10. The van der Waals surface area contributed by atoms with Crippen LogP contribution in [0.1, 0.15) is 24.3 Å². The van der Waals surface area contributed by atoms with E-state index in [9.17, 15) is 9.59 Å². The van der Waals surface area contributed by atoms with Crippen molar-refractivity contribution in [3.05, 3.63) is 77.4 Å². The van der Waals surface area contributed by atoms with Crippen LogP contribution in [0.15, 0.2) is 66.0 Å². The number of allylic oxidation sites excluding steroid dienone is 1. The van der Waals surface area contributed by atoms with Crippen molar-refractivity contribution in [2.75, 3.05) is 20.3 Å². The third-order valence-electron chi connectivity index (χ3n) is 5.30. The SMILES string of the molecule is C=CCn1c(=O)n(-c2ccccc2OC)c2nc(-c3ccc(OCC)cc3)nc(C(=O)OCC)c21. The molecule has 0 spiro atoms. The van der Waals surface area contributed by atoms with Crippen LogP contribution >= 0.6 is 0 Å². The molecule has 2 heterocycles. The van der Waals surface area contributed by atoms with E-state index in [1.165, 1.54) is 16.2 Å². The van der Waals surface area contributed by atoms with Gasteiger partial charge in [-0.2, -0.15) is 0 Å². The Bertz CT molecular complexity index is 1440. The summed E-state index contributed by atoms with van der Waals surface area (Å²) in [5, 5.41) is 0. The van der Waals surface area contributed by atoms with E-state index < -0.39 is 11.7 Å². The molecule has 4 rings (SSSR count). The Morgan fingerprint density at radius 3 is 2.46 bits per heavy atom. The summed E-state index contributed by atoms with van der Waals surface area (Å²) in [5.41, 5.74) is 1.23. The van der Waals surface area contributed by atoms with Crippen molar-refractivity contribution >= 4 is 17.1 Å². The van der Waals surface area contributed by atoms with Crippen molar-refractivity contribution in [1.29, 1.82) is 0 Å². The molecule has 180 valence electrons. The Labute approximate surface area is 202 Å². The molecule has 0 saturated heterocycles. The van der Waals surface area contributed by atoms with Crippen molar-refractivity contribution in [3.63, 3.8) is 0 Å². The van der Waals surface area contributed by atoms with Crippen molar-refractivity contribution in [2.45, 2.75) is 20.4 Å². The highest BCUT2D eigenvalue weighted by atomic mass is 16.5. The fourth-order valence-corrected chi connectivity index (χ4v) is 3.82. The van der Waals surface area contributed by atoms with Gasteiger partial charge in [-0.15, -0.1) is 6.58 Å². The summed E-state index contributed by atoms with van der Waals surface area (Å²) in [6.45, 7) is 8.21. The molecule has 0 fully saturated rings. The van der Waals surface area contributed by atoms with Crippen LogP contribution in [0.2, 0.25) is 0 Å². The molecule has 0 bridgehead atoms. The lowest BCUT2D eigenvalue weighted by Crippen LogP contribution is -2.23. The first-order chi connectivity index (χ1) is 17.0. The second-order valence-corrected chi connectivity index (χ2v) is 7.44. The molecule has 0 atom stereocenters. The molecular weight excluding hydrogens is 448 g/mol. The number of nitrogens with zero attached hydrogens (tertiary/aromatic N) is 4. The number of ether oxygens (including phenoxy) is 3. The molecular formula is C26H26N4O5. The molecule has 0 aliphatic carbocycles. The van der Waals surface area contributed by atoms with E-state index in [4.69, 9.17) is 19.2 Å². The zero-order chi connectivity index (χ0) is 24.9. The Morgan fingerprint density at radius 1 is 1.06 bits per heavy atom. The zero-order valence-electron chi connectivity index (χ0n) is 19.9. The van der Waals surface area contributed by atoms with Gasteiger partial charge in [-0.05, 0) is 50.2 Å². The first-order valence-corrected chi connectivity index (χ1v) is 11.2. The number of hydrogen-bond acceptors (Lipinski definition) is 7. The highest BCUT2D eigenvalue weighted by molar-refractivity contribution is 6.00. The Balaban J connectivity index is 2.08. The van der Waals surface area contributed by atoms with E-state index in [0.29, 0.717) is 29.4 Å². The summed E-state index contributed by atoms with van der Waals surface area (Å²) in [5.74, 6) is 0.794. The number of benzene rings is 2. The number of esters is 1. The molecule has 0 aliphatic rings. The average molecular weight is 475 g/mol. The van der Waals surface area contributed by atoms with Gasteiger partial charge in [0.1, 0.15) is 17.0 Å².